The molecule has 0 aromatic carbocycles. The quantitative estimate of drug-likeness (QED) is 0.629. The van der Waals surface area contributed by atoms with E-state index in [0.717, 1.165) is 16.6 Å². The molecule has 0 radical (unpaired) electrons. The Morgan fingerprint density at radius 2 is 1.96 bits per heavy atom. The van der Waals surface area contributed by atoms with Gasteiger partial charge in [-0.05, 0) is 18.2 Å². The summed E-state index contributed by atoms with van der Waals surface area (Å²) in [6, 6.07) is 7.32. The van der Waals surface area contributed by atoms with Crippen LogP contribution in [0, 0.1) is 0 Å². The van der Waals surface area contributed by atoms with E-state index in [0.29, 0.717) is 17.3 Å². The second-order valence-electron chi connectivity index (χ2n) is 5.19. The molecule has 0 fully saturated rings. The molecule has 4 rings (SSSR count). The highest BCUT2D eigenvalue weighted by Crippen LogP contribution is 2.30. The molecule has 0 spiro atoms. The lowest BCUT2D eigenvalue weighted by Crippen LogP contribution is -1.95. The fourth-order valence-electron chi connectivity index (χ4n) is 2.37. The first kappa shape index (κ1) is 13.3. The van der Waals surface area contributed by atoms with E-state index >= 15 is 0 Å². The van der Waals surface area contributed by atoms with Gasteiger partial charge in [-0.25, -0.2) is 9.50 Å². The third-order valence-electron chi connectivity index (χ3n) is 3.48. The van der Waals surface area contributed by atoms with Gasteiger partial charge in [0.25, 0.3) is 0 Å². The van der Waals surface area contributed by atoms with Gasteiger partial charge in [-0.2, -0.15) is 10.2 Å². The van der Waals surface area contributed by atoms with Crippen LogP contribution in [0.25, 0.3) is 16.6 Å². The van der Waals surface area contributed by atoms with Crippen LogP contribution in [-0.4, -0.2) is 24.4 Å². The molecule has 0 aliphatic rings. The number of fused-ring (bicyclic) bond motifs is 1. The average molecular weight is 306 g/mol. The Bertz CT molecular complexity index is 970. The number of nitrogens with zero attached hydrogens (tertiary/aromatic N) is 5. The number of nitrogens with two attached hydrogens (primary N) is 1. The first-order valence-corrected chi connectivity index (χ1v) is 7.05. The molecule has 0 unspecified atom stereocenters. The Morgan fingerprint density at radius 3 is 2.70 bits per heavy atom. The molecule has 4 heterocycles. The van der Waals surface area contributed by atoms with Crippen molar-refractivity contribution in [2.45, 2.75) is 0 Å². The largest absolute Gasteiger partial charge is 0.437 e. The number of aryl methyl sites for hydroxylation is 1. The van der Waals surface area contributed by atoms with Gasteiger partial charge in [0.05, 0.1) is 24.3 Å². The van der Waals surface area contributed by atoms with E-state index in [9.17, 15) is 0 Å². The molecule has 2 N–H and O–H groups in total. The SMILES string of the molecule is Cn1cc(-c2cc(Oc3ccc(N)cn3)c3ccnn3c2)cn1. The number of pyridine rings is 2. The van der Waals surface area contributed by atoms with Crippen molar-refractivity contribution in [3.8, 4) is 22.8 Å². The molecule has 0 atom stereocenters. The Balaban J connectivity index is 1.81. The first-order valence-electron chi connectivity index (χ1n) is 7.05. The topological polar surface area (TPSA) is 83.3 Å². The second kappa shape index (κ2) is 5.13. The Kier molecular flexibility index (Phi) is 2.97. The Hall–Kier alpha value is -3.35. The summed E-state index contributed by atoms with van der Waals surface area (Å²) in [5.41, 5.74) is 9.05. The standard InChI is InChI=1S/C16H14N6O/c1-21-9-12(7-20-21)11-6-15(14-4-5-19-22(14)10-11)23-16-3-2-13(17)8-18-16/h2-10H,17H2,1H3. The minimum Gasteiger partial charge on any atom is -0.437 e. The number of ether oxygens (including phenoxy) is 1. The van der Waals surface area contributed by atoms with Gasteiger partial charge in [0, 0.05) is 36.6 Å². The predicted octanol–water partition coefficient (Wildman–Crippen LogP) is 2.50. The summed E-state index contributed by atoms with van der Waals surface area (Å²) < 4.78 is 9.45. The highest BCUT2D eigenvalue weighted by molar-refractivity contribution is 5.70. The van der Waals surface area contributed by atoms with E-state index in [1.807, 2.05) is 31.6 Å². The third-order valence-corrected chi connectivity index (χ3v) is 3.48. The number of hydrogen-bond acceptors (Lipinski definition) is 5. The maximum absolute atomic E-state index is 5.92. The number of nitrogen functional groups attached to an aromatic ring is 1. The lowest BCUT2D eigenvalue weighted by molar-refractivity contribution is 0.466. The fraction of sp³-hybridized carbons (Fsp3) is 0.0625. The zero-order valence-corrected chi connectivity index (χ0v) is 12.4. The second-order valence-corrected chi connectivity index (χ2v) is 5.19. The van der Waals surface area contributed by atoms with Gasteiger partial charge >= 0.3 is 0 Å². The van der Waals surface area contributed by atoms with E-state index in [1.165, 1.54) is 0 Å². The van der Waals surface area contributed by atoms with Gasteiger partial charge < -0.3 is 10.5 Å². The minimum atomic E-state index is 0.477. The van der Waals surface area contributed by atoms with Gasteiger partial charge in [-0.1, -0.05) is 0 Å². The van der Waals surface area contributed by atoms with Crippen molar-refractivity contribution < 1.29 is 4.74 Å². The van der Waals surface area contributed by atoms with E-state index in [4.69, 9.17) is 10.5 Å². The van der Waals surface area contributed by atoms with Gasteiger partial charge in [0.1, 0.15) is 5.52 Å². The zero-order valence-electron chi connectivity index (χ0n) is 12.4. The van der Waals surface area contributed by atoms with Crippen molar-refractivity contribution in [2.24, 2.45) is 7.05 Å². The highest BCUT2D eigenvalue weighted by Gasteiger charge is 2.10. The van der Waals surface area contributed by atoms with Crippen LogP contribution in [0.2, 0.25) is 0 Å². The van der Waals surface area contributed by atoms with Gasteiger partial charge in [0.15, 0.2) is 5.75 Å². The summed E-state index contributed by atoms with van der Waals surface area (Å²) in [7, 11) is 1.88. The van der Waals surface area contributed by atoms with E-state index in [2.05, 4.69) is 15.2 Å². The highest BCUT2D eigenvalue weighted by atomic mass is 16.5. The van der Waals surface area contributed by atoms with Crippen LogP contribution in [0.5, 0.6) is 11.6 Å². The van der Waals surface area contributed by atoms with Crippen molar-refractivity contribution in [3.63, 3.8) is 0 Å². The fourth-order valence-corrected chi connectivity index (χ4v) is 2.37. The number of aromatic nitrogens is 5. The summed E-state index contributed by atoms with van der Waals surface area (Å²) in [6.45, 7) is 0. The summed E-state index contributed by atoms with van der Waals surface area (Å²) >= 11 is 0. The smallest absolute Gasteiger partial charge is 0.219 e. The van der Waals surface area contributed by atoms with Crippen molar-refractivity contribution in [1.82, 2.24) is 24.4 Å². The summed E-state index contributed by atoms with van der Waals surface area (Å²) in [6.07, 6.45) is 8.97. The van der Waals surface area contributed by atoms with E-state index in [1.54, 1.807) is 39.9 Å². The van der Waals surface area contributed by atoms with Crippen LogP contribution in [0.4, 0.5) is 5.69 Å². The first-order chi connectivity index (χ1) is 11.2. The molecule has 0 saturated carbocycles. The van der Waals surface area contributed by atoms with Crippen LogP contribution in [0.1, 0.15) is 0 Å². The minimum absolute atomic E-state index is 0.477. The van der Waals surface area contributed by atoms with Crippen LogP contribution in [-0.2, 0) is 7.05 Å². The molecule has 0 aliphatic carbocycles. The van der Waals surface area contributed by atoms with Gasteiger partial charge in [-0.3, -0.25) is 4.68 Å². The van der Waals surface area contributed by atoms with Crippen molar-refractivity contribution in [2.75, 3.05) is 5.73 Å². The van der Waals surface area contributed by atoms with Crippen LogP contribution in [0.15, 0.2) is 55.2 Å². The summed E-state index contributed by atoms with van der Waals surface area (Å²) in [5.74, 6) is 1.15. The molecule has 0 bridgehead atoms. The van der Waals surface area contributed by atoms with Crippen molar-refractivity contribution in [1.29, 1.82) is 0 Å². The Labute approximate surface area is 131 Å². The van der Waals surface area contributed by atoms with Crippen molar-refractivity contribution >= 4 is 11.2 Å². The summed E-state index contributed by atoms with van der Waals surface area (Å²) in [5, 5.41) is 8.50. The molecular weight excluding hydrogens is 292 g/mol. The number of rotatable bonds is 3. The van der Waals surface area contributed by atoms with Gasteiger partial charge in [-0.15, -0.1) is 0 Å². The molecule has 114 valence electrons. The molecule has 7 heteroatoms. The molecule has 0 aliphatic heterocycles. The maximum Gasteiger partial charge on any atom is 0.219 e. The number of hydrogen-bond donors (Lipinski definition) is 1. The van der Waals surface area contributed by atoms with E-state index in [-0.39, 0.29) is 0 Å². The van der Waals surface area contributed by atoms with Crippen LogP contribution >= 0.6 is 0 Å². The van der Waals surface area contributed by atoms with E-state index < -0.39 is 0 Å². The third kappa shape index (κ3) is 2.48. The van der Waals surface area contributed by atoms with Crippen LogP contribution in [0.3, 0.4) is 0 Å². The molecule has 0 saturated heterocycles. The zero-order chi connectivity index (χ0) is 15.8. The average Bonchev–Trinajstić information content (AvgIpc) is 3.18. The molecule has 23 heavy (non-hydrogen) atoms. The maximum atomic E-state index is 5.92. The van der Waals surface area contributed by atoms with Crippen LogP contribution < -0.4 is 10.5 Å². The Morgan fingerprint density at radius 1 is 1.04 bits per heavy atom. The lowest BCUT2D eigenvalue weighted by Gasteiger charge is -2.09. The summed E-state index contributed by atoms with van der Waals surface area (Å²) in [4.78, 5) is 4.18. The normalized spacial score (nSPS) is 11.0. The molecule has 4 aromatic rings. The lowest BCUT2D eigenvalue weighted by atomic mass is 10.1. The molecule has 4 aromatic heterocycles. The molecular formula is C16H14N6O. The molecule has 7 nitrogen and oxygen atoms in total. The monoisotopic (exact) mass is 306 g/mol. The van der Waals surface area contributed by atoms with Crippen molar-refractivity contribution in [3.05, 3.63) is 55.2 Å². The molecule has 0 amide bonds. The predicted molar refractivity (Wildman–Crippen MR) is 86.1 cm³/mol. The number of anilines is 1. The van der Waals surface area contributed by atoms with Gasteiger partial charge in [0.2, 0.25) is 5.88 Å².